The van der Waals surface area contributed by atoms with Gasteiger partial charge in [-0.1, -0.05) is 0 Å². The second kappa shape index (κ2) is 6.49. The Bertz CT molecular complexity index is 379. The summed E-state index contributed by atoms with van der Waals surface area (Å²) < 4.78 is 30.5. The van der Waals surface area contributed by atoms with Crippen LogP contribution >= 0.6 is 0 Å². The number of sulfonamides is 1. The van der Waals surface area contributed by atoms with E-state index < -0.39 is 22.0 Å². The lowest BCUT2D eigenvalue weighted by molar-refractivity contribution is -0.142. The molecule has 1 fully saturated rings. The smallest absolute Gasteiger partial charge is 0.322 e. The van der Waals surface area contributed by atoms with Gasteiger partial charge in [0.05, 0.1) is 18.5 Å². The Morgan fingerprint density at radius 1 is 1.44 bits per heavy atom. The quantitative estimate of drug-likeness (QED) is 0.773. The molecule has 0 aromatic heterocycles. The lowest BCUT2D eigenvalue weighted by atomic mass is 10.1. The molecule has 1 aliphatic heterocycles. The zero-order valence-corrected chi connectivity index (χ0v) is 11.6. The van der Waals surface area contributed by atoms with Crippen molar-refractivity contribution in [2.24, 2.45) is 0 Å². The molecule has 7 heteroatoms. The van der Waals surface area contributed by atoms with Gasteiger partial charge in [0.1, 0.15) is 6.04 Å². The number of carboxylic acid groups (broad SMARTS) is 1. The predicted molar refractivity (Wildman–Crippen MR) is 66.9 cm³/mol. The molecule has 18 heavy (non-hydrogen) atoms. The average molecular weight is 279 g/mol. The maximum atomic E-state index is 12.1. The maximum absolute atomic E-state index is 12.1. The number of carbonyl (C=O) groups is 1. The van der Waals surface area contributed by atoms with Crippen LogP contribution in [0.15, 0.2) is 0 Å². The van der Waals surface area contributed by atoms with E-state index in [0.29, 0.717) is 19.4 Å². The maximum Gasteiger partial charge on any atom is 0.322 e. The second-order valence-corrected chi connectivity index (χ2v) is 6.74. The average Bonchev–Trinajstić information content (AvgIpc) is 2.28. The van der Waals surface area contributed by atoms with Gasteiger partial charge in [-0.25, -0.2) is 8.42 Å². The SMILES string of the molecule is CC(C)OCCS(=O)(=O)N1CCCC[C@H]1C(=O)O. The van der Waals surface area contributed by atoms with E-state index in [2.05, 4.69) is 0 Å². The number of rotatable bonds is 6. The van der Waals surface area contributed by atoms with Gasteiger partial charge >= 0.3 is 5.97 Å². The van der Waals surface area contributed by atoms with Gasteiger partial charge in [-0.05, 0) is 33.1 Å². The molecule has 0 spiro atoms. The van der Waals surface area contributed by atoms with Crippen LogP contribution in [0, 0.1) is 0 Å². The first-order valence-corrected chi connectivity index (χ1v) is 7.79. The van der Waals surface area contributed by atoms with Gasteiger partial charge in [-0.2, -0.15) is 4.31 Å². The minimum absolute atomic E-state index is 0.0307. The lowest BCUT2D eigenvalue weighted by Crippen LogP contribution is -2.49. The standard InChI is InChI=1S/C11H21NO5S/c1-9(2)17-7-8-18(15,16)12-6-4-3-5-10(12)11(13)14/h9-10H,3-8H2,1-2H3,(H,13,14)/t10-/m0/s1. The van der Waals surface area contributed by atoms with Crippen LogP contribution in [0.5, 0.6) is 0 Å². The summed E-state index contributed by atoms with van der Waals surface area (Å²) in [7, 11) is -3.55. The summed E-state index contributed by atoms with van der Waals surface area (Å²) in [4.78, 5) is 11.1. The summed E-state index contributed by atoms with van der Waals surface area (Å²) in [5.74, 6) is -1.22. The Kier molecular flexibility index (Phi) is 5.55. The van der Waals surface area contributed by atoms with Crippen LogP contribution in [-0.2, 0) is 19.6 Å². The van der Waals surface area contributed by atoms with E-state index in [1.54, 1.807) is 0 Å². The van der Waals surface area contributed by atoms with Gasteiger partial charge in [0, 0.05) is 6.54 Å². The molecular weight excluding hydrogens is 258 g/mol. The van der Waals surface area contributed by atoms with Crippen LogP contribution in [0.3, 0.4) is 0 Å². The van der Waals surface area contributed by atoms with Gasteiger partial charge in [0.25, 0.3) is 0 Å². The van der Waals surface area contributed by atoms with E-state index in [-0.39, 0.29) is 18.5 Å². The third-order valence-corrected chi connectivity index (χ3v) is 4.72. The molecule has 0 bridgehead atoms. The number of piperidine rings is 1. The number of aliphatic carboxylic acids is 1. The molecule has 1 atom stereocenters. The molecule has 0 aromatic carbocycles. The van der Waals surface area contributed by atoms with Crippen molar-refractivity contribution in [1.82, 2.24) is 4.31 Å². The van der Waals surface area contributed by atoms with Crippen LogP contribution in [0.1, 0.15) is 33.1 Å². The minimum atomic E-state index is -3.55. The van der Waals surface area contributed by atoms with E-state index in [1.165, 1.54) is 0 Å². The summed E-state index contributed by atoms with van der Waals surface area (Å²) in [6.45, 7) is 4.05. The summed E-state index contributed by atoms with van der Waals surface area (Å²) >= 11 is 0. The van der Waals surface area contributed by atoms with Crippen molar-refractivity contribution >= 4 is 16.0 Å². The Morgan fingerprint density at radius 3 is 2.67 bits per heavy atom. The molecule has 106 valence electrons. The molecule has 0 saturated carbocycles. The predicted octanol–water partition coefficient (Wildman–Crippen LogP) is 0.680. The Labute approximate surface area is 108 Å². The van der Waals surface area contributed by atoms with Crippen molar-refractivity contribution in [2.75, 3.05) is 18.9 Å². The molecule has 0 amide bonds. The Hall–Kier alpha value is -0.660. The number of nitrogens with zero attached hydrogens (tertiary/aromatic N) is 1. The van der Waals surface area contributed by atoms with Gasteiger partial charge in [0.2, 0.25) is 10.0 Å². The molecule has 1 rings (SSSR count). The molecule has 6 nitrogen and oxygen atoms in total. The van der Waals surface area contributed by atoms with Gasteiger partial charge in [0.15, 0.2) is 0 Å². The zero-order valence-electron chi connectivity index (χ0n) is 10.8. The zero-order chi connectivity index (χ0) is 13.8. The molecule has 0 aliphatic carbocycles. The fourth-order valence-corrected chi connectivity index (χ4v) is 3.52. The van der Waals surface area contributed by atoms with Crippen LogP contribution in [-0.4, -0.2) is 54.8 Å². The molecule has 1 heterocycles. The van der Waals surface area contributed by atoms with E-state index in [0.717, 1.165) is 10.7 Å². The summed E-state index contributed by atoms with van der Waals surface area (Å²) in [5, 5.41) is 9.05. The lowest BCUT2D eigenvalue weighted by Gasteiger charge is -2.31. The van der Waals surface area contributed by atoms with Crippen molar-refractivity contribution in [2.45, 2.75) is 45.3 Å². The highest BCUT2D eigenvalue weighted by molar-refractivity contribution is 7.89. The van der Waals surface area contributed by atoms with Crippen LogP contribution < -0.4 is 0 Å². The van der Waals surface area contributed by atoms with Crippen LogP contribution in [0.25, 0.3) is 0 Å². The van der Waals surface area contributed by atoms with E-state index in [9.17, 15) is 13.2 Å². The molecule has 0 unspecified atom stereocenters. The van der Waals surface area contributed by atoms with Gasteiger partial charge in [-0.15, -0.1) is 0 Å². The first-order chi connectivity index (χ1) is 8.34. The van der Waals surface area contributed by atoms with Crippen LogP contribution in [0.2, 0.25) is 0 Å². The van der Waals surface area contributed by atoms with Crippen molar-refractivity contribution in [3.63, 3.8) is 0 Å². The van der Waals surface area contributed by atoms with Crippen molar-refractivity contribution in [3.05, 3.63) is 0 Å². The molecule has 0 aromatic rings. The molecule has 1 aliphatic rings. The fraction of sp³-hybridized carbons (Fsp3) is 0.909. The summed E-state index contributed by atoms with van der Waals surface area (Å²) in [6, 6.07) is -0.914. The number of hydrogen-bond acceptors (Lipinski definition) is 4. The van der Waals surface area contributed by atoms with E-state index >= 15 is 0 Å². The highest BCUT2D eigenvalue weighted by Gasteiger charge is 2.36. The van der Waals surface area contributed by atoms with Crippen molar-refractivity contribution < 1.29 is 23.1 Å². The fourth-order valence-electron chi connectivity index (χ4n) is 1.99. The van der Waals surface area contributed by atoms with Gasteiger partial charge in [-0.3, -0.25) is 4.79 Å². The first-order valence-electron chi connectivity index (χ1n) is 6.18. The highest BCUT2D eigenvalue weighted by Crippen LogP contribution is 2.21. The third kappa shape index (κ3) is 4.22. The molecular formula is C11H21NO5S. The summed E-state index contributed by atoms with van der Waals surface area (Å²) in [5.41, 5.74) is 0. The minimum Gasteiger partial charge on any atom is -0.480 e. The largest absolute Gasteiger partial charge is 0.480 e. The molecule has 1 N–H and O–H groups in total. The first kappa shape index (κ1) is 15.4. The Morgan fingerprint density at radius 2 is 2.11 bits per heavy atom. The third-order valence-electron chi connectivity index (χ3n) is 2.89. The number of carboxylic acids is 1. The highest BCUT2D eigenvalue weighted by atomic mass is 32.2. The van der Waals surface area contributed by atoms with Crippen LogP contribution in [0.4, 0.5) is 0 Å². The Balaban J connectivity index is 2.66. The monoisotopic (exact) mass is 279 g/mol. The molecule has 0 radical (unpaired) electrons. The number of ether oxygens (including phenoxy) is 1. The second-order valence-electron chi connectivity index (χ2n) is 4.70. The normalized spacial score (nSPS) is 22.3. The van der Waals surface area contributed by atoms with E-state index in [4.69, 9.17) is 9.84 Å². The van der Waals surface area contributed by atoms with Crippen molar-refractivity contribution in [3.8, 4) is 0 Å². The number of hydrogen-bond donors (Lipinski definition) is 1. The van der Waals surface area contributed by atoms with Crippen molar-refractivity contribution in [1.29, 1.82) is 0 Å². The van der Waals surface area contributed by atoms with E-state index in [1.807, 2.05) is 13.8 Å². The van der Waals surface area contributed by atoms with Gasteiger partial charge < -0.3 is 9.84 Å². The summed E-state index contributed by atoms with van der Waals surface area (Å²) in [6.07, 6.45) is 1.83. The topological polar surface area (TPSA) is 83.9 Å². The molecule has 1 saturated heterocycles.